The molecule has 0 fully saturated rings. The van der Waals surface area contributed by atoms with E-state index in [0.29, 0.717) is 6.54 Å². The van der Waals surface area contributed by atoms with Gasteiger partial charge in [-0.3, -0.25) is 9.59 Å². The Morgan fingerprint density at radius 1 is 1.00 bits per heavy atom. The van der Waals surface area contributed by atoms with E-state index in [0.717, 1.165) is 5.56 Å². The highest BCUT2D eigenvalue weighted by Crippen LogP contribution is 2.16. The van der Waals surface area contributed by atoms with Crippen molar-refractivity contribution < 1.29 is 14.0 Å². The zero-order valence-electron chi connectivity index (χ0n) is 11.8. The molecule has 0 radical (unpaired) electrons. The van der Waals surface area contributed by atoms with Crippen LogP contribution in [-0.2, 0) is 11.3 Å². The molecule has 2 amide bonds. The summed E-state index contributed by atoms with van der Waals surface area (Å²) in [4.78, 5) is 23.6. The molecule has 5 heteroatoms. The largest absolute Gasteiger partial charge is 0.348 e. The third-order valence-electron chi connectivity index (χ3n) is 2.96. The van der Waals surface area contributed by atoms with Crippen molar-refractivity contribution in [2.45, 2.75) is 6.54 Å². The zero-order chi connectivity index (χ0) is 15.9. The molecule has 2 aromatic rings. The van der Waals surface area contributed by atoms with Crippen molar-refractivity contribution in [1.29, 1.82) is 0 Å². The lowest BCUT2D eigenvalue weighted by atomic mass is 10.1. The standard InChI is InChI=1S/C17H15FN2O2/c1-12(18)16(21)20-15-10-6-5-9-14(15)17(22)19-11-13-7-3-2-4-8-13/h2-10H,1,11H2,(H,19,22)(H,20,21). The number of benzene rings is 2. The highest BCUT2D eigenvalue weighted by Gasteiger charge is 2.14. The molecule has 2 rings (SSSR count). The topological polar surface area (TPSA) is 58.2 Å². The Bertz CT molecular complexity index is 699. The van der Waals surface area contributed by atoms with E-state index in [9.17, 15) is 14.0 Å². The van der Waals surface area contributed by atoms with Crippen molar-refractivity contribution >= 4 is 17.5 Å². The number of amides is 2. The lowest BCUT2D eigenvalue weighted by molar-refractivity contribution is -0.114. The highest BCUT2D eigenvalue weighted by molar-refractivity contribution is 6.07. The van der Waals surface area contributed by atoms with Gasteiger partial charge in [0, 0.05) is 6.54 Å². The molecule has 4 nitrogen and oxygen atoms in total. The molecular weight excluding hydrogens is 283 g/mol. The molecule has 0 heterocycles. The lowest BCUT2D eigenvalue weighted by Crippen LogP contribution is -2.24. The van der Waals surface area contributed by atoms with Crippen LogP contribution in [-0.4, -0.2) is 11.8 Å². The number of para-hydroxylation sites is 1. The fourth-order valence-corrected chi connectivity index (χ4v) is 1.85. The summed E-state index contributed by atoms with van der Waals surface area (Å²) in [6, 6.07) is 15.8. The van der Waals surface area contributed by atoms with Crippen molar-refractivity contribution in [1.82, 2.24) is 5.32 Å². The maximum absolute atomic E-state index is 12.8. The van der Waals surface area contributed by atoms with E-state index in [1.165, 1.54) is 6.07 Å². The highest BCUT2D eigenvalue weighted by atomic mass is 19.1. The van der Waals surface area contributed by atoms with E-state index in [4.69, 9.17) is 0 Å². The van der Waals surface area contributed by atoms with E-state index in [-0.39, 0.29) is 17.2 Å². The Kier molecular flexibility index (Phi) is 5.03. The molecule has 0 spiro atoms. The molecule has 0 saturated heterocycles. The number of carbonyl (C=O) groups is 2. The summed E-state index contributed by atoms with van der Waals surface area (Å²) < 4.78 is 12.8. The van der Waals surface area contributed by atoms with Crippen LogP contribution in [0.3, 0.4) is 0 Å². The predicted molar refractivity (Wildman–Crippen MR) is 82.9 cm³/mol. The molecule has 0 unspecified atom stereocenters. The summed E-state index contributed by atoms with van der Waals surface area (Å²) in [6.45, 7) is 3.28. The first-order valence-corrected chi connectivity index (χ1v) is 6.65. The van der Waals surface area contributed by atoms with Crippen molar-refractivity contribution in [3.63, 3.8) is 0 Å². The van der Waals surface area contributed by atoms with Crippen LogP contribution in [0.1, 0.15) is 15.9 Å². The lowest BCUT2D eigenvalue weighted by Gasteiger charge is -2.10. The Labute approximate surface area is 127 Å². The third kappa shape index (κ3) is 4.02. The number of rotatable bonds is 5. The molecule has 0 aromatic heterocycles. The SMILES string of the molecule is C=C(F)C(=O)Nc1ccccc1C(=O)NCc1ccccc1. The monoisotopic (exact) mass is 298 g/mol. The van der Waals surface area contributed by atoms with Crippen molar-refractivity contribution in [3.05, 3.63) is 78.1 Å². The third-order valence-corrected chi connectivity index (χ3v) is 2.96. The van der Waals surface area contributed by atoms with E-state index in [1.807, 2.05) is 30.3 Å². The molecule has 0 atom stereocenters. The predicted octanol–water partition coefficient (Wildman–Crippen LogP) is 3.04. The Balaban J connectivity index is 2.09. The average molecular weight is 298 g/mol. The first-order valence-electron chi connectivity index (χ1n) is 6.65. The first-order chi connectivity index (χ1) is 10.6. The van der Waals surface area contributed by atoms with Gasteiger partial charge in [-0.15, -0.1) is 0 Å². The molecular formula is C17H15FN2O2. The number of carbonyl (C=O) groups excluding carboxylic acids is 2. The molecule has 112 valence electrons. The first kappa shape index (κ1) is 15.4. The van der Waals surface area contributed by atoms with Crippen LogP contribution in [0.25, 0.3) is 0 Å². The minimum atomic E-state index is -1.11. The van der Waals surface area contributed by atoms with Crippen LogP contribution < -0.4 is 10.6 Å². The maximum Gasteiger partial charge on any atom is 0.283 e. The molecule has 0 bridgehead atoms. The molecule has 0 aliphatic rings. The van der Waals surface area contributed by atoms with Crippen LogP contribution in [0.15, 0.2) is 67.0 Å². The fraction of sp³-hybridized carbons (Fsp3) is 0.0588. The smallest absolute Gasteiger partial charge is 0.283 e. The second kappa shape index (κ2) is 7.17. The number of hydrogen-bond acceptors (Lipinski definition) is 2. The van der Waals surface area contributed by atoms with Crippen molar-refractivity contribution in [2.75, 3.05) is 5.32 Å². The van der Waals surface area contributed by atoms with Crippen LogP contribution >= 0.6 is 0 Å². The summed E-state index contributed by atoms with van der Waals surface area (Å²) in [7, 11) is 0. The van der Waals surface area contributed by atoms with Gasteiger partial charge in [-0.05, 0) is 17.7 Å². The zero-order valence-corrected chi connectivity index (χ0v) is 11.8. The van der Waals surface area contributed by atoms with Gasteiger partial charge in [-0.25, -0.2) is 4.39 Å². The Hall–Kier alpha value is -2.95. The summed E-state index contributed by atoms with van der Waals surface area (Å²) in [5.41, 5.74) is 1.44. The average Bonchev–Trinajstić information content (AvgIpc) is 2.54. The van der Waals surface area contributed by atoms with Gasteiger partial charge in [0.05, 0.1) is 11.3 Å². The van der Waals surface area contributed by atoms with Gasteiger partial charge in [0.1, 0.15) is 0 Å². The molecule has 2 aromatic carbocycles. The van der Waals surface area contributed by atoms with Crippen LogP contribution in [0.2, 0.25) is 0 Å². The summed E-state index contributed by atoms with van der Waals surface area (Å²) in [5.74, 6) is -2.44. The van der Waals surface area contributed by atoms with Gasteiger partial charge in [0.2, 0.25) is 0 Å². The van der Waals surface area contributed by atoms with E-state index >= 15 is 0 Å². The number of halogens is 1. The van der Waals surface area contributed by atoms with Crippen LogP contribution in [0.4, 0.5) is 10.1 Å². The fourth-order valence-electron chi connectivity index (χ4n) is 1.85. The number of anilines is 1. The minimum absolute atomic E-state index is 0.233. The molecule has 2 N–H and O–H groups in total. The van der Waals surface area contributed by atoms with Gasteiger partial charge < -0.3 is 10.6 Å². The second-order valence-corrected chi connectivity index (χ2v) is 4.57. The molecule has 22 heavy (non-hydrogen) atoms. The number of hydrogen-bond donors (Lipinski definition) is 2. The van der Waals surface area contributed by atoms with E-state index in [1.54, 1.807) is 18.2 Å². The van der Waals surface area contributed by atoms with Crippen LogP contribution in [0.5, 0.6) is 0 Å². The molecule has 0 aliphatic heterocycles. The van der Waals surface area contributed by atoms with Gasteiger partial charge in [0.25, 0.3) is 11.8 Å². The van der Waals surface area contributed by atoms with Gasteiger partial charge in [-0.1, -0.05) is 49.0 Å². The van der Waals surface area contributed by atoms with E-state index in [2.05, 4.69) is 17.2 Å². The van der Waals surface area contributed by atoms with Crippen molar-refractivity contribution in [2.24, 2.45) is 0 Å². The Morgan fingerprint density at radius 2 is 1.64 bits per heavy atom. The van der Waals surface area contributed by atoms with Gasteiger partial charge in [-0.2, -0.15) is 0 Å². The van der Waals surface area contributed by atoms with E-state index < -0.39 is 11.7 Å². The summed E-state index contributed by atoms with van der Waals surface area (Å²) in [6.07, 6.45) is 0. The maximum atomic E-state index is 12.8. The minimum Gasteiger partial charge on any atom is -0.348 e. The normalized spacial score (nSPS) is 9.86. The quantitative estimate of drug-likeness (QED) is 0.834. The Morgan fingerprint density at radius 3 is 2.32 bits per heavy atom. The second-order valence-electron chi connectivity index (χ2n) is 4.57. The number of nitrogens with one attached hydrogen (secondary N) is 2. The molecule has 0 saturated carbocycles. The van der Waals surface area contributed by atoms with Gasteiger partial charge in [0.15, 0.2) is 5.83 Å². The van der Waals surface area contributed by atoms with Crippen molar-refractivity contribution in [3.8, 4) is 0 Å². The summed E-state index contributed by atoms with van der Waals surface area (Å²) in [5, 5.41) is 5.07. The van der Waals surface area contributed by atoms with Crippen LogP contribution in [0, 0.1) is 0 Å². The van der Waals surface area contributed by atoms with Gasteiger partial charge >= 0.3 is 0 Å². The summed E-state index contributed by atoms with van der Waals surface area (Å²) >= 11 is 0. The molecule has 0 aliphatic carbocycles.